The molecule has 7 heteroatoms. The highest BCUT2D eigenvalue weighted by molar-refractivity contribution is 6.33. The van der Waals surface area contributed by atoms with E-state index in [-0.39, 0.29) is 16.6 Å². The molecule has 0 aliphatic heterocycles. The zero-order valence-corrected chi connectivity index (χ0v) is 11.1. The third kappa shape index (κ3) is 3.60. The van der Waals surface area contributed by atoms with Crippen molar-refractivity contribution in [2.24, 2.45) is 0 Å². The first-order valence-electron chi connectivity index (χ1n) is 5.39. The number of hydrogen-bond donors (Lipinski definition) is 0. The van der Waals surface area contributed by atoms with Crippen LogP contribution in [0.1, 0.15) is 36.1 Å². The minimum absolute atomic E-state index is 0.0224. The van der Waals surface area contributed by atoms with Crippen LogP contribution < -0.4 is 0 Å². The van der Waals surface area contributed by atoms with Crippen LogP contribution in [0.15, 0.2) is 6.20 Å². The van der Waals surface area contributed by atoms with Crippen molar-refractivity contribution in [3.8, 4) is 0 Å². The van der Waals surface area contributed by atoms with Gasteiger partial charge in [-0.05, 0) is 0 Å². The summed E-state index contributed by atoms with van der Waals surface area (Å²) in [4.78, 5) is 20.8. The smallest absolute Gasteiger partial charge is 0.274 e. The number of nitrogens with zero attached hydrogens (tertiary/aromatic N) is 3. The Morgan fingerprint density at radius 3 is 2.61 bits per heavy atom. The average Bonchev–Trinajstić information content (AvgIpc) is 2.27. The van der Waals surface area contributed by atoms with Gasteiger partial charge in [0, 0.05) is 13.0 Å². The molecule has 0 bridgehead atoms. The highest BCUT2D eigenvalue weighted by Gasteiger charge is 2.21. The maximum absolute atomic E-state index is 12.2. The highest BCUT2D eigenvalue weighted by atomic mass is 35.5. The molecule has 4 nitrogen and oxygen atoms in total. The van der Waals surface area contributed by atoms with E-state index < -0.39 is 18.9 Å². The summed E-state index contributed by atoms with van der Waals surface area (Å²) in [7, 11) is 1.28. The summed E-state index contributed by atoms with van der Waals surface area (Å²) >= 11 is 5.82. The number of alkyl halides is 2. The van der Waals surface area contributed by atoms with Crippen LogP contribution in [0.25, 0.3) is 0 Å². The first kappa shape index (κ1) is 14.8. The predicted octanol–water partition coefficient (Wildman–Crippen LogP) is 2.59. The van der Waals surface area contributed by atoms with Gasteiger partial charge in [-0.15, -0.1) is 0 Å². The van der Waals surface area contributed by atoms with Gasteiger partial charge in [-0.2, -0.15) is 0 Å². The van der Waals surface area contributed by atoms with Crippen molar-refractivity contribution >= 4 is 17.5 Å². The Hall–Kier alpha value is -1.30. The SMILES string of the molecule is CC(C)c1ncc(Cl)c(C(=O)N(C)CC(F)F)n1. The third-order valence-electron chi connectivity index (χ3n) is 2.24. The lowest BCUT2D eigenvalue weighted by molar-refractivity contribution is 0.0615. The van der Waals surface area contributed by atoms with E-state index in [4.69, 9.17) is 11.6 Å². The Morgan fingerprint density at radius 1 is 1.50 bits per heavy atom. The minimum atomic E-state index is -2.59. The van der Waals surface area contributed by atoms with Crippen molar-refractivity contribution in [3.63, 3.8) is 0 Å². The van der Waals surface area contributed by atoms with Gasteiger partial charge in [0.15, 0.2) is 5.69 Å². The molecule has 0 spiro atoms. The number of aromatic nitrogens is 2. The first-order valence-corrected chi connectivity index (χ1v) is 5.76. The van der Waals surface area contributed by atoms with Crippen LogP contribution in [-0.2, 0) is 0 Å². The van der Waals surface area contributed by atoms with E-state index in [0.717, 1.165) is 4.90 Å². The summed E-state index contributed by atoms with van der Waals surface area (Å²) in [5.74, 6) is -0.160. The van der Waals surface area contributed by atoms with E-state index in [1.54, 1.807) is 0 Å². The number of hydrogen-bond acceptors (Lipinski definition) is 3. The maximum atomic E-state index is 12.2. The Kier molecular flexibility index (Phi) is 4.95. The molecule has 0 atom stereocenters. The Morgan fingerprint density at radius 2 is 2.11 bits per heavy atom. The summed E-state index contributed by atoms with van der Waals surface area (Å²) in [6.45, 7) is 3.07. The number of carbonyl (C=O) groups excluding carboxylic acids is 1. The van der Waals surface area contributed by atoms with E-state index in [2.05, 4.69) is 9.97 Å². The van der Waals surface area contributed by atoms with E-state index >= 15 is 0 Å². The lowest BCUT2D eigenvalue weighted by atomic mass is 10.2. The van der Waals surface area contributed by atoms with E-state index in [9.17, 15) is 13.6 Å². The molecule has 1 heterocycles. The van der Waals surface area contributed by atoms with E-state index in [1.165, 1.54) is 13.2 Å². The van der Waals surface area contributed by atoms with Crippen molar-refractivity contribution in [3.05, 3.63) is 22.7 Å². The number of halogens is 3. The Labute approximate surface area is 109 Å². The number of rotatable bonds is 4. The van der Waals surface area contributed by atoms with Crippen LogP contribution in [0.3, 0.4) is 0 Å². The molecule has 0 unspecified atom stereocenters. The van der Waals surface area contributed by atoms with Crippen LogP contribution in [0.2, 0.25) is 5.02 Å². The molecule has 1 rings (SSSR count). The minimum Gasteiger partial charge on any atom is -0.335 e. The molecule has 0 radical (unpaired) electrons. The topological polar surface area (TPSA) is 46.1 Å². The lowest BCUT2D eigenvalue weighted by Crippen LogP contribution is -2.32. The molecular weight excluding hydrogens is 264 g/mol. The molecule has 1 aromatic rings. The maximum Gasteiger partial charge on any atom is 0.274 e. The fourth-order valence-corrected chi connectivity index (χ4v) is 1.45. The van der Waals surface area contributed by atoms with Gasteiger partial charge in [0.25, 0.3) is 12.3 Å². The summed E-state index contributed by atoms with van der Waals surface area (Å²) in [5, 5.41) is 0.0607. The van der Waals surface area contributed by atoms with Crippen molar-refractivity contribution < 1.29 is 13.6 Å². The summed E-state index contributed by atoms with van der Waals surface area (Å²) in [6.07, 6.45) is -1.28. The molecule has 0 saturated heterocycles. The van der Waals surface area contributed by atoms with Gasteiger partial charge in [-0.25, -0.2) is 18.7 Å². The molecule has 100 valence electrons. The molecule has 0 aliphatic rings. The molecule has 0 aromatic carbocycles. The summed E-state index contributed by atoms with van der Waals surface area (Å²) < 4.78 is 24.4. The van der Waals surface area contributed by atoms with Crippen molar-refractivity contribution in [1.82, 2.24) is 14.9 Å². The van der Waals surface area contributed by atoms with Gasteiger partial charge >= 0.3 is 0 Å². The molecule has 0 aliphatic carbocycles. The van der Waals surface area contributed by atoms with E-state index in [1.807, 2.05) is 13.8 Å². The van der Waals surface area contributed by atoms with Gasteiger partial charge in [-0.3, -0.25) is 4.79 Å². The highest BCUT2D eigenvalue weighted by Crippen LogP contribution is 2.17. The van der Waals surface area contributed by atoms with Crippen LogP contribution >= 0.6 is 11.6 Å². The standard InChI is InChI=1S/C11H14ClF2N3O/c1-6(2)10-15-4-7(12)9(16-10)11(18)17(3)5-8(13)14/h4,6,8H,5H2,1-3H3. The fraction of sp³-hybridized carbons (Fsp3) is 0.545. The predicted molar refractivity (Wildman–Crippen MR) is 64.1 cm³/mol. The van der Waals surface area contributed by atoms with Crippen LogP contribution in [0.5, 0.6) is 0 Å². The molecule has 1 aromatic heterocycles. The largest absolute Gasteiger partial charge is 0.335 e. The Bertz CT molecular complexity index is 440. The van der Waals surface area contributed by atoms with Gasteiger partial charge in [0.2, 0.25) is 0 Å². The monoisotopic (exact) mass is 277 g/mol. The Balaban J connectivity index is 3.00. The van der Waals surface area contributed by atoms with Gasteiger partial charge in [-0.1, -0.05) is 25.4 Å². The number of carbonyl (C=O) groups is 1. The average molecular weight is 278 g/mol. The first-order chi connectivity index (χ1) is 8.32. The summed E-state index contributed by atoms with van der Waals surface area (Å²) in [6, 6.07) is 0. The molecule has 18 heavy (non-hydrogen) atoms. The zero-order chi connectivity index (χ0) is 13.9. The fourth-order valence-electron chi connectivity index (χ4n) is 1.28. The molecule has 0 fully saturated rings. The van der Waals surface area contributed by atoms with Gasteiger partial charge in [0.05, 0.1) is 17.8 Å². The number of amides is 1. The molecule has 0 saturated carbocycles. The van der Waals surface area contributed by atoms with Crippen LogP contribution in [-0.4, -0.2) is 40.8 Å². The second kappa shape index (κ2) is 6.04. The zero-order valence-electron chi connectivity index (χ0n) is 10.3. The van der Waals surface area contributed by atoms with Crippen LogP contribution in [0, 0.1) is 0 Å². The lowest BCUT2D eigenvalue weighted by Gasteiger charge is -2.17. The van der Waals surface area contributed by atoms with Crippen molar-refractivity contribution in [1.29, 1.82) is 0 Å². The second-order valence-electron chi connectivity index (χ2n) is 4.16. The molecule has 1 amide bonds. The third-order valence-corrected chi connectivity index (χ3v) is 2.52. The van der Waals surface area contributed by atoms with Crippen LogP contribution in [0.4, 0.5) is 8.78 Å². The van der Waals surface area contributed by atoms with Crippen molar-refractivity contribution in [2.45, 2.75) is 26.2 Å². The second-order valence-corrected chi connectivity index (χ2v) is 4.56. The van der Waals surface area contributed by atoms with Gasteiger partial charge < -0.3 is 4.90 Å². The van der Waals surface area contributed by atoms with E-state index in [0.29, 0.717) is 5.82 Å². The molecular formula is C11H14ClF2N3O. The normalized spacial score (nSPS) is 11.1. The molecule has 0 N–H and O–H groups in total. The van der Waals surface area contributed by atoms with Gasteiger partial charge in [0.1, 0.15) is 5.82 Å². The quantitative estimate of drug-likeness (QED) is 0.850. The summed E-state index contributed by atoms with van der Waals surface area (Å²) in [5.41, 5.74) is -0.0430. The van der Waals surface area contributed by atoms with Crippen molar-refractivity contribution in [2.75, 3.05) is 13.6 Å².